The van der Waals surface area contributed by atoms with E-state index in [1.54, 1.807) is 24.6 Å². The highest BCUT2D eigenvalue weighted by atomic mass is 32.1. The average molecular weight is 460 g/mol. The second-order valence-corrected chi connectivity index (χ2v) is 9.12. The Morgan fingerprint density at radius 2 is 1.97 bits per heavy atom. The summed E-state index contributed by atoms with van der Waals surface area (Å²) in [6.07, 6.45) is 5.66. The summed E-state index contributed by atoms with van der Waals surface area (Å²) in [7, 11) is 3.60. The van der Waals surface area contributed by atoms with Gasteiger partial charge in [-0.3, -0.25) is 4.68 Å². The first kappa shape index (κ1) is 21.1. The Morgan fingerprint density at radius 1 is 1.12 bits per heavy atom. The molecule has 0 aliphatic rings. The molecule has 9 heteroatoms. The zero-order valence-electron chi connectivity index (χ0n) is 19.2. The third-order valence-corrected chi connectivity index (χ3v) is 6.72. The zero-order chi connectivity index (χ0) is 23.1. The van der Waals surface area contributed by atoms with Crippen LogP contribution in [0.5, 0.6) is 5.75 Å². The van der Waals surface area contributed by atoms with Gasteiger partial charge in [0.25, 0.3) is 0 Å². The van der Waals surface area contributed by atoms with Crippen molar-refractivity contribution in [2.75, 3.05) is 12.4 Å². The minimum atomic E-state index is 0.300. The minimum absolute atomic E-state index is 0.300. The summed E-state index contributed by atoms with van der Waals surface area (Å²) in [6, 6.07) is 10.2. The van der Waals surface area contributed by atoms with Gasteiger partial charge in [0.15, 0.2) is 11.6 Å². The van der Waals surface area contributed by atoms with Crippen LogP contribution < -0.4 is 10.1 Å². The summed E-state index contributed by atoms with van der Waals surface area (Å²) in [5.41, 5.74) is 2.92. The van der Waals surface area contributed by atoms with Crippen LogP contribution in [0.15, 0.2) is 48.9 Å². The van der Waals surface area contributed by atoms with Crippen molar-refractivity contribution in [3.8, 4) is 28.0 Å². The first-order chi connectivity index (χ1) is 15.9. The van der Waals surface area contributed by atoms with Gasteiger partial charge in [-0.2, -0.15) is 5.10 Å². The van der Waals surface area contributed by atoms with Gasteiger partial charge in [0.1, 0.15) is 22.1 Å². The van der Waals surface area contributed by atoms with E-state index < -0.39 is 0 Å². The Kier molecular flexibility index (Phi) is 5.33. The summed E-state index contributed by atoms with van der Waals surface area (Å²) in [5.74, 6) is 2.79. The SMILES string of the molecule is COc1cccc(Nc2nc(-c3nccn3C)nc3sc(-c4ccn(C(C)C)n4)c(C)c23)c1. The van der Waals surface area contributed by atoms with E-state index in [9.17, 15) is 0 Å². The molecule has 0 fully saturated rings. The lowest BCUT2D eigenvalue weighted by Crippen LogP contribution is -2.02. The van der Waals surface area contributed by atoms with Crippen LogP contribution in [0.2, 0.25) is 0 Å². The molecule has 0 atom stereocenters. The molecule has 0 aliphatic heterocycles. The predicted molar refractivity (Wildman–Crippen MR) is 132 cm³/mol. The van der Waals surface area contributed by atoms with Crippen LogP contribution in [0.3, 0.4) is 0 Å². The Labute approximate surface area is 195 Å². The van der Waals surface area contributed by atoms with E-state index in [1.165, 1.54) is 0 Å². The number of nitrogens with one attached hydrogen (secondary N) is 1. The molecule has 0 radical (unpaired) electrons. The fourth-order valence-electron chi connectivity index (χ4n) is 3.74. The van der Waals surface area contributed by atoms with Crippen molar-refractivity contribution < 1.29 is 4.74 Å². The Hall–Kier alpha value is -3.72. The topological polar surface area (TPSA) is 82.7 Å². The number of aromatic nitrogens is 6. The molecule has 1 aromatic carbocycles. The normalized spacial score (nSPS) is 11.5. The van der Waals surface area contributed by atoms with Gasteiger partial charge in [0.05, 0.1) is 17.4 Å². The third-order valence-electron chi connectivity index (χ3n) is 5.51. The second-order valence-electron chi connectivity index (χ2n) is 8.13. The summed E-state index contributed by atoms with van der Waals surface area (Å²) in [4.78, 5) is 16.2. The summed E-state index contributed by atoms with van der Waals surface area (Å²) in [6.45, 7) is 6.34. The summed E-state index contributed by atoms with van der Waals surface area (Å²) < 4.78 is 9.28. The van der Waals surface area contributed by atoms with Crippen molar-refractivity contribution in [1.82, 2.24) is 29.3 Å². The van der Waals surface area contributed by atoms with Gasteiger partial charge >= 0.3 is 0 Å². The minimum Gasteiger partial charge on any atom is -0.497 e. The number of imidazole rings is 1. The molecule has 1 N–H and O–H groups in total. The number of anilines is 2. The van der Waals surface area contributed by atoms with Crippen molar-refractivity contribution in [1.29, 1.82) is 0 Å². The molecule has 8 nitrogen and oxygen atoms in total. The van der Waals surface area contributed by atoms with Gasteiger partial charge in [-0.05, 0) is 44.5 Å². The van der Waals surface area contributed by atoms with Gasteiger partial charge in [0.2, 0.25) is 0 Å². The zero-order valence-corrected chi connectivity index (χ0v) is 20.0. The lowest BCUT2D eigenvalue weighted by molar-refractivity contribution is 0.415. The van der Waals surface area contributed by atoms with Crippen molar-refractivity contribution in [2.45, 2.75) is 26.8 Å². The van der Waals surface area contributed by atoms with Crippen LogP contribution in [0.1, 0.15) is 25.5 Å². The van der Waals surface area contributed by atoms with Gasteiger partial charge in [0, 0.05) is 43.4 Å². The number of rotatable bonds is 6. The molecule has 5 rings (SSSR count). The number of fused-ring (bicyclic) bond motifs is 1. The first-order valence-electron chi connectivity index (χ1n) is 10.7. The molecule has 0 aliphatic carbocycles. The smallest absolute Gasteiger partial charge is 0.199 e. The Balaban J connectivity index is 1.69. The maximum absolute atomic E-state index is 5.39. The van der Waals surface area contributed by atoms with Gasteiger partial charge in [-0.25, -0.2) is 15.0 Å². The van der Waals surface area contributed by atoms with Gasteiger partial charge in [-0.1, -0.05) is 6.07 Å². The van der Waals surface area contributed by atoms with Crippen molar-refractivity contribution >= 4 is 33.1 Å². The molecule has 0 saturated heterocycles. The number of thiophene rings is 1. The van der Waals surface area contributed by atoms with Crippen molar-refractivity contribution in [3.05, 3.63) is 54.5 Å². The number of benzene rings is 1. The van der Waals surface area contributed by atoms with Crippen molar-refractivity contribution in [3.63, 3.8) is 0 Å². The lowest BCUT2D eigenvalue weighted by atomic mass is 10.1. The van der Waals surface area contributed by atoms with Crippen LogP contribution in [0, 0.1) is 6.92 Å². The highest BCUT2D eigenvalue weighted by Crippen LogP contribution is 2.41. The highest BCUT2D eigenvalue weighted by Gasteiger charge is 2.21. The number of methoxy groups -OCH3 is 1. The molecule has 4 aromatic heterocycles. The number of hydrogen-bond acceptors (Lipinski definition) is 7. The average Bonchev–Trinajstić information content (AvgIpc) is 3.52. The molecule has 0 spiro atoms. The van der Waals surface area contributed by atoms with Crippen LogP contribution in [0.25, 0.3) is 32.4 Å². The third kappa shape index (κ3) is 3.84. The van der Waals surface area contributed by atoms with Crippen LogP contribution in [-0.2, 0) is 7.05 Å². The van der Waals surface area contributed by atoms with E-state index in [-0.39, 0.29) is 0 Å². The standard InChI is InChI=1S/C24H25N7OS/c1-14(2)31-11-9-18(29-31)20-15(3)19-21(26-16-7-6-8-17(13-16)32-5)27-22(28-24(19)33-20)23-25-10-12-30(23)4/h6-14H,1-5H3,(H,26,27,28). The monoisotopic (exact) mass is 459 g/mol. The fraction of sp³-hybridized carbons (Fsp3) is 0.250. The van der Waals surface area contributed by atoms with Crippen LogP contribution in [-0.4, -0.2) is 36.4 Å². The second kappa shape index (κ2) is 8.32. The molecule has 4 heterocycles. The van der Waals surface area contributed by atoms with E-state index in [0.29, 0.717) is 17.7 Å². The molecule has 0 saturated carbocycles. The van der Waals surface area contributed by atoms with E-state index in [2.05, 4.69) is 37.1 Å². The molecule has 33 heavy (non-hydrogen) atoms. The highest BCUT2D eigenvalue weighted by molar-refractivity contribution is 7.22. The molecular weight excluding hydrogens is 434 g/mol. The Bertz CT molecular complexity index is 1450. The van der Waals surface area contributed by atoms with Gasteiger partial charge in [-0.15, -0.1) is 11.3 Å². The molecular formula is C24H25N7OS. The number of hydrogen-bond donors (Lipinski definition) is 1. The number of ether oxygens (including phenoxy) is 1. The maximum atomic E-state index is 5.39. The van der Waals surface area contributed by atoms with Crippen LogP contribution >= 0.6 is 11.3 Å². The molecule has 0 unspecified atom stereocenters. The first-order valence-corrected chi connectivity index (χ1v) is 11.5. The Morgan fingerprint density at radius 3 is 2.67 bits per heavy atom. The van der Waals surface area contributed by atoms with E-state index >= 15 is 0 Å². The molecule has 0 bridgehead atoms. The van der Waals surface area contributed by atoms with Crippen molar-refractivity contribution in [2.24, 2.45) is 7.05 Å². The van der Waals surface area contributed by atoms with E-state index in [1.807, 2.05) is 53.0 Å². The quantitative estimate of drug-likeness (QED) is 0.356. The van der Waals surface area contributed by atoms with Crippen LogP contribution in [0.4, 0.5) is 11.5 Å². The molecule has 0 amide bonds. The molecule has 5 aromatic rings. The van der Waals surface area contributed by atoms with E-state index in [4.69, 9.17) is 19.8 Å². The number of aryl methyl sites for hydroxylation is 2. The summed E-state index contributed by atoms with van der Waals surface area (Å²) in [5, 5.41) is 9.25. The summed E-state index contributed by atoms with van der Waals surface area (Å²) >= 11 is 1.62. The fourth-order valence-corrected chi connectivity index (χ4v) is 4.88. The molecule has 168 valence electrons. The lowest BCUT2D eigenvalue weighted by Gasteiger charge is -2.11. The number of nitrogens with zero attached hydrogens (tertiary/aromatic N) is 6. The maximum Gasteiger partial charge on any atom is 0.199 e. The van der Waals surface area contributed by atoms with E-state index in [0.717, 1.165) is 43.6 Å². The predicted octanol–water partition coefficient (Wildman–Crippen LogP) is 5.60. The van der Waals surface area contributed by atoms with Gasteiger partial charge < -0.3 is 14.6 Å². The largest absolute Gasteiger partial charge is 0.497 e.